The Morgan fingerprint density at radius 1 is 1.00 bits per heavy atom. The molecule has 0 aromatic heterocycles. The van der Waals surface area contributed by atoms with Crippen LogP contribution in [0.5, 0.6) is 0 Å². The van der Waals surface area contributed by atoms with E-state index >= 15 is 0 Å². The number of nitrogens with one attached hydrogen (secondary N) is 1. The van der Waals surface area contributed by atoms with Gasteiger partial charge in [0.15, 0.2) is 0 Å². The fraction of sp³-hybridized carbons (Fsp3) is 0.455. The van der Waals surface area contributed by atoms with Crippen LogP contribution in [-0.2, 0) is 17.7 Å². The van der Waals surface area contributed by atoms with Crippen molar-refractivity contribution < 1.29 is 17.7 Å². The molecule has 0 fully saturated rings. The second kappa shape index (κ2) is 7.41. The topological polar surface area (TPSA) is 49.0 Å². The first-order valence-corrected chi connectivity index (χ1v) is 6.98. The molecule has 0 atom stereocenters. The van der Waals surface area contributed by atoms with E-state index in [0.29, 0.717) is 13.2 Å². The molecule has 0 aliphatic heterocycles. The minimum Gasteiger partial charge on any atom is -0.383 e. The van der Waals surface area contributed by atoms with E-state index in [4.69, 9.17) is 17.7 Å². The first-order valence-electron chi connectivity index (χ1n) is 5.34. The van der Waals surface area contributed by atoms with E-state index in [9.17, 15) is 0 Å². The van der Waals surface area contributed by atoms with E-state index in [1.165, 1.54) is 21.3 Å². The summed E-state index contributed by atoms with van der Waals surface area (Å²) >= 11 is 0. The lowest BCUT2D eigenvalue weighted by molar-refractivity contribution is 0.00854. The Labute approximate surface area is 103 Å². The van der Waals surface area contributed by atoms with E-state index in [1.807, 2.05) is 30.3 Å². The Morgan fingerprint density at radius 3 is 2.12 bits per heavy atom. The third-order valence-electron chi connectivity index (χ3n) is 2.23. The highest BCUT2D eigenvalue weighted by atomic mass is 28.4. The van der Waals surface area contributed by atoms with Gasteiger partial charge in [-0.25, -0.2) is 0 Å². The molecule has 0 saturated carbocycles. The molecule has 17 heavy (non-hydrogen) atoms. The minimum atomic E-state index is -2.90. The van der Waals surface area contributed by atoms with Crippen molar-refractivity contribution in [3.8, 4) is 0 Å². The van der Waals surface area contributed by atoms with Crippen LogP contribution in [0.25, 0.3) is 0 Å². The zero-order valence-corrected chi connectivity index (χ0v) is 11.4. The van der Waals surface area contributed by atoms with Gasteiger partial charge >= 0.3 is 9.05 Å². The van der Waals surface area contributed by atoms with Gasteiger partial charge < -0.3 is 23.0 Å². The van der Waals surface area contributed by atoms with E-state index in [-0.39, 0.29) is 0 Å². The smallest absolute Gasteiger partial charge is 0.383 e. The molecule has 0 saturated heterocycles. The van der Waals surface area contributed by atoms with Crippen LogP contribution in [0.3, 0.4) is 0 Å². The van der Waals surface area contributed by atoms with Crippen LogP contribution in [0.2, 0.25) is 0 Å². The molecular formula is C11H19NO4Si. The van der Waals surface area contributed by atoms with Gasteiger partial charge in [-0.15, -0.1) is 0 Å². The molecule has 0 aliphatic rings. The summed E-state index contributed by atoms with van der Waals surface area (Å²) in [6, 6.07) is 9.91. The maximum Gasteiger partial charge on any atom is 0.678 e. The molecule has 1 aromatic rings. The second-order valence-electron chi connectivity index (χ2n) is 3.25. The zero-order chi connectivity index (χ0) is 12.6. The van der Waals surface area contributed by atoms with Gasteiger partial charge in [-0.1, -0.05) is 18.2 Å². The summed E-state index contributed by atoms with van der Waals surface area (Å²) in [5, 5.41) is 3.22. The van der Waals surface area contributed by atoms with Crippen molar-refractivity contribution in [1.82, 2.24) is 0 Å². The molecule has 6 heteroatoms. The molecule has 0 amide bonds. The molecule has 1 aromatic carbocycles. The van der Waals surface area contributed by atoms with Crippen LogP contribution in [0.15, 0.2) is 30.3 Å². The molecule has 0 heterocycles. The Morgan fingerprint density at radius 2 is 1.59 bits per heavy atom. The predicted octanol–water partition coefficient (Wildman–Crippen LogP) is 1.49. The molecule has 96 valence electrons. The zero-order valence-electron chi connectivity index (χ0n) is 10.4. The first kappa shape index (κ1) is 14.1. The third-order valence-corrected chi connectivity index (χ3v) is 4.29. The average molecular weight is 257 g/mol. The van der Waals surface area contributed by atoms with Crippen molar-refractivity contribution in [2.24, 2.45) is 0 Å². The van der Waals surface area contributed by atoms with Crippen LogP contribution in [-0.4, -0.2) is 43.5 Å². The predicted molar refractivity (Wildman–Crippen MR) is 67.7 cm³/mol. The summed E-state index contributed by atoms with van der Waals surface area (Å²) in [6.45, 7) is 1.12. The largest absolute Gasteiger partial charge is 0.678 e. The normalized spacial score (nSPS) is 11.5. The van der Waals surface area contributed by atoms with Crippen molar-refractivity contribution in [1.29, 1.82) is 0 Å². The van der Waals surface area contributed by atoms with E-state index < -0.39 is 9.05 Å². The number of hydrogen-bond donors (Lipinski definition) is 1. The average Bonchev–Trinajstić information content (AvgIpc) is 2.41. The van der Waals surface area contributed by atoms with Crippen LogP contribution < -0.4 is 5.32 Å². The Bertz CT molecular complexity index is 297. The van der Waals surface area contributed by atoms with Crippen molar-refractivity contribution in [2.45, 2.75) is 0 Å². The van der Waals surface area contributed by atoms with Crippen molar-refractivity contribution in [2.75, 3.05) is 39.8 Å². The summed E-state index contributed by atoms with van der Waals surface area (Å²) in [6.07, 6.45) is 0. The summed E-state index contributed by atoms with van der Waals surface area (Å²) < 4.78 is 20.9. The van der Waals surface area contributed by atoms with Gasteiger partial charge in [-0.3, -0.25) is 0 Å². The molecular weight excluding hydrogens is 238 g/mol. The lowest BCUT2D eigenvalue weighted by atomic mass is 10.3. The summed E-state index contributed by atoms with van der Waals surface area (Å²) in [5.74, 6) is 0. The van der Waals surface area contributed by atoms with E-state index in [0.717, 1.165) is 5.69 Å². The highest BCUT2D eigenvalue weighted by Crippen LogP contribution is 2.08. The number of anilines is 1. The van der Waals surface area contributed by atoms with Crippen LogP contribution in [0.4, 0.5) is 5.69 Å². The minimum absolute atomic E-state index is 0.455. The van der Waals surface area contributed by atoms with Crippen LogP contribution in [0, 0.1) is 0 Å². The van der Waals surface area contributed by atoms with Gasteiger partial charge in [0.05, 0.1) is 6.61 Å². The first-order chi connectivity index (χ1) is 8.26. The summed E-state index contributed by atoms with van der Waals surface area (Å²) in [4.78, 5) is 0. The van der Waals surface area contributed by atoms with E-state index in [1.54, 1.807) is 0 Å². The van der Waals surface area contributed by atoms with Gasteiger partial charge in [0.25, 0.3) is 0 Å². The lowest BCUT2D eigenvalue weighted by Gasteiger charge is -2.23. The number of hydrogen-bond acceptors (Lipinski definition) is 5. The van der Waals surface area contributed by atoms with Gasteiger partial charge in [-0.05, 0) is 12.1 Å². The molecule has 0 bridgehead atoms. The summed E-state index contributed by atoms with van der Waals surface area (Å²) in [7, 11) is 1.66. The van der Waals surface area contributed by atoms with Gasteiger partial charge in [0.1, 0.15) is 0 Å². The highest BCUT2D eigenvalue weighted by molar-refractivity contribution is 6.53. The molecule has 1 rings (SSSR count). The maximum absolute atomic E-state index is 5.51. The standard InChI is InChI=1S/C11H19NO4Si/c1-13-17(14-2,15-3)16-10-9-12-11-7-5-4-6-8-11/h4-8,12H,9-10H2,1-3H3. The third kappa shape index (κ3) is 4.45. The van der Waals surface area contributed by atoms with Crippen molar-refractivity contribution in [3.63, 3.8) is 0 Å². The molecule has 1 N–H and O–H groups in total. The van der Waals surface area contributed by atoms with Gasteiger partial charge in [0, 0.05) is 33.6 Å². The van der Waals surface area contributed by atoms with E-state index in [2.05, 4.69) is 5.32 Å². The molecule has 0 aliphatic carbocycles. The summed E-state index contributed by atoms with van der Waals surface area (Å²) in [5.41, 5.74) is 1.05. The Hall–Kier alpha value is -0.923. The van der Waals surface area contributed by atoms with Gasteiger partial charge in [-0.2, -0.15) is 0 Å². The number of rotatable bonds is 8. The second-order valence-corrected chi connectivity index (χ2v) is 5.77. The molecule has 5 nitrogen and oxygen atoms in total. The fourth-order valence-electron chi connectivity index (χ4n) is 1.35. The number of para-hydroxylation sites is 1. The highest BCUT2D eigenvalue weighted by Gasteiger charge is 2.41. The monoisotopic (exact) mass is 257 g/mol. The molecule has 0 radical (unpaired) electrons. The van der Waals surface area contributed by atoms with Crippen molar-refractivity contribution in [3.05, 3.63) is 30.3 Å². The van der Waals surface area contributed by atoms with Gasteiger partial charge in [0.2, 0.25) is 0 Å². The SMILES string of the molecule is CO[Si](OC)(OC)OCCNc1ccccc1. The van der Waals surface area contributed by atoms with Crippen LogP contribution >= 0.6 is 0 Å². The Kier molecular flexibility index (Phi) is 6.16. The maximum atomic E-state index is 5.51. The van der Waals surface area contributed by atoms with Crippen molar-refractivity contribution >= 4 is 14.7 Å². The lowest BCUT2D eigenvalue weighted by Crippen LogP contribution is -2.47. The number of benzene rings is 1. The van der Waals surface area contributed by atoms with Crippen LogP contribution in [0.1, 0.15) is 0 Å². The Balaban J connectivity index is 2.28. The molecule has 0 spiro atoms. The quantitative estimate of drug-likeness (QED) is 0.565. The fourth-order valence-corrected chi connectivity index (χ4v) is 2.56. The molecule has 0 unspecified atom stereocenters.